The summed E-state index contributed by atoms with van der Waals surface area (Å²) >= 11 is 0. The molecule has 0 bridgehead atoms. The summed E-state index contributed by atoms with van der Waals surface area (Å²) in [5.74, 6) is 2.12. The molecule has 0 amide bonds. The molecule has 3 aromatic rings. The Bertz CT molecular complexity index is 1050. The number of fused-ring (bicyclic) bond motifs is 3. The van der Waals surface area contributed by atoms with E-state index in [1.165, 1.54) is 16.5 Å². The molecule has 0 radical (unpaired) electrons. The highest BCUT2D eigenvalue weighted by Gasteiger charge is 2.24. The highest BCUT2D eigenvalue weighted by Crippen LogP contribution is 2.34. The third-order valence-electron chi connectivity index (χ3n) is 6.63. The first kappa shape index (κ1) is 19.7. The van der Waals surface area contributed by atoms with Crippen molar-refractivity contribution in [3.63, 3.8) is 0 Å². The number of likely N-dealkylation sites (N-methyl/N-ethyl adjacent to an activating group) is 1. The smallest absolute Gasteiger partial charge is 0.157 e. The molecule has 2 aliphatic rings. The monoisotopic (exact) mass is 408 g/mol. The van der Waals surface area contributed by atoms with Crippen molar-refractivity contribution in [2.24, 2.45) is 0 Å². The van der Waals surface area contributed by atoms with Crippen LogP contribution in [0.4, 0.5) is 5.82 Å². The predicted molar refractivity (Wildman–Crippen MR) is 121 cm³/mol. The zero-order valence-electron chi connectivity index (χ0n) is 18.4. The second kappa shape index (κ2) is 8.13. The van der Waals surface area contributed by atoms with Gasteiger partial charge in [-0.2, -0.15) is 0 Å². The Balaban J connectivity index is 1.61. The van der Waals surface area contributed by atoms with Crippen LogP contribution in [0.1, 0.15) is 11.4 Å². The number of imidazole rings is 1. The molecule has 0 spiro atoms. The van der Waals surface area contributed by atoms with Crippen LogP contribution < -0.4 is 4.90 Å². The van der Waals surface area contributed by atoms with Crippen LogP contribution in [-0.2, 0) is 11.3 Å². The third-order valence-corrected chi connectivity index (χ3v) is 6.63. The van der Waals surface area contributed by atoms with E-state index in [0.717, 1.165) is 88.2 Å². The molecular formula is C23H32N6O. The van der Waals surface area contributed by atoms with E-state index in [-0.39, 0.29) is 0 Å². The molecule has 0 atom stereocenters. The zero-order valence-corrected chi connectivity index (χ0v) is 18.4. The Morgan fingerprint density at radius 1 is 0.933 bits per heavy atom. The van der Waals surface area contributed by atoms with Crippen LogP contribution in [0, 0.1) is 13.8 Å². The van der Waals surface area contributed by atoms with E-state index >= 15 is 0 Å². The molecule has 7 heteroatoms. The first-order valence-electron chi connectivity index (χ1n) is 11.1. The van der Waals surface area contributed by atoms with Crippen LogP contribution in [0.3, 0.4) is 0 Å². The van der Waals surface area contributed by atoms with Crippen molar-refractivity contribution < 1.29 is 4.74 Å². The molecule has 1 aromatic carbocycles. The fourth-order valence-corrected chi connectivity index (χ4v) is 4.77. The van der Waals surface area contributed by atoms with Gasteiger partial charge in [0.2, 0.25) is 0 Å². The van der Waals surface area contributed by atoms with Crippen molar-refractivity contribution in [2.45, 2.75) is 20.4 Å². The van der Waals surface area contributed by atoms with Crippen molar-refractivity contribution >= 4 is 27.8 Å². The maximum absolute atomic E-state index is 5.52. The van der Waals surface area contributed by atoms with Crippen molar-refractivity contribution in [1.82, 2.24) is 24.3 Å². The minimum absolute atomic E-state index is 0.836. The molecule has 0 unspecified atom stereocenters. The van der Waals surface area contributed by atoms with Gasteiger partial charge in [0.1, 0.15) is 11.3 Å². The van der Waals surface area contributed by atoms with Crippen LogP contribution in [-0.4, -0.2) is 90.4 Å². The number of benzene rings is 1. The lowest BCUT2D eigenvalue weighted by Crippen LogP contribution is -2.44. The number of anilines is 1. The quantitative estimate of drug-likeness (QED) is 0.660. The van der Waals surface area contributed by atoms with Gasteiger partial charge >= 0.3 is 0 Å². The lowest BCUT2D eigenvalue weighted by Gasteiger charge is -2.33. The van der Waals surface area contributed by atoms with Crippen molar-refractivity contribution in [3.05, 3.63) is 29.6 Å². The predicted octanol–water partition coefficient (Wildman–Crippen LogP) is 2.29. The molecule has 4 heterocycles. The zero-order chi connectivity index (χ0) is 20.7. The molecule has 160 valence electrons. The molecule has 0 aliphatic carbocycles. The van der Waals surface area contributed by atoms with Gasteiger partial charge in [0, 0.05) is 57.7 Å². The first-order chi connectivity index (χ1) is 14.6. The SMILES string of the molecule is Cc1cccc2nc(N3CCN(C)CC3)c3nc(C)n(CCN4CCOCC4)c3c12. The molecule has 0 saturated carbocycles. The summed E-state index contributed by atoms with van der Waals surface area (Å²) in [7, 11) is 2.19. The Morgan fingerprint density at radius 2 is 1.70 bits per heavy atom. The van der Waals surface area contributed by atoms with Crippen LogP contribution >= 0.6 is 0 Å². The molecule has 2 aromatic heterocycles. The Morgan fingerprint density at radius 3 is 2.47 bits per heavy atom. The number of ether oxygens (including phenoxy) is 1. The Labute approximate surface area is 178 Å². The van der Waals surface area contributed by atoms with Gasteiger partial charge in [0.05, 0.1) is 24.2 Å². The van der Waals surface area contributed by atoms with E-state index in [1.807, 2.05) is 0 Å². The number of aromatic nitrogens is 3. The summed E-state index contributed by atoms with van der Waals surface area (Å²) in [6, 6.07) is 6.45. The standard InChI is InChI=1S/C23H32N6O/c1-17-5-4-6-19-20(17)22-21(23(25-19)28-10-7-26(3)8-11-28)24-18(2)29(22)12-9-27-13-15-30-16-14-27/h4-6H,7-16H2,1-3H3. The summed E-state index contributed by atoms with van der Waals surface area (Å²) < 4.78 is 7.93. The summed E-state index contributed by atoms with van der Waals surface area (Å²) in [5, 5.41) is 1.24. The maximum atomic E-state index is 5.52. The average molecular weight is 409 g/mol. The van der Waals surface area contributed by atoms with Gasteiger partial charge in [-0.15, -0.1) is 0 Å². The number of hydrogen-bond acceptors (Lipinski definition) is 6. The molecule has 7 nitrogen and oxygen atoms in total. The molecular weight excluding hydrogens is 376 g/mol. The van der Waals surface area contributed by atoms with E-state index in [4.69, 9.17) is 14.7 Å². The largest absolute Gasteiger partial charge is 0.379 e. The van der Waals surface area contributed by atoms with E-state index in [1.54, 1.807) is 0 Å². The summed E-state index contributed by atoms with van der Waals surface area (Å²) in [6.45, 7) is 14.1. The topological polar surface area (TPSA) is 49.7 Å². The van der Waals surface area contributed by atoms with Gasteiger partial charge in [0.25, 0.3) is 0 Å². The van der Waals surface area contributed by atoms with Gasteiger partial charge in [-0.05, 0) is 32.5 Å². The first-order valence-corrected chi connectivity index (χ1v) is 11.1. The van der Waals surface area contributed by atoms with Gasteiger partial charge in [0.15, 0.2) is 5.82 Å². The van der Waals surface area contributed by atoms with E-state index < -0.39 is 0 Å². The van der Waals surface area contributed by atoms with E-state index in [0.29, 0.717) is 0 Å². The van der Waals surface area contributed by atoms with Gasteiger partial charge < -0.3 is 19.1 Å². The summed E-state index contributed by atoms with van der Waals surface area (Å²) in [6.07, 6.45) is 0. The normalized spacial score (nSPS) is 19.2. The van der Waals surface area contributed by atoms with Crippen LogP contribution in [0.2, 0.25) is 0 Å². The summed E-state index contributed by atoms with van der Waals surface area (Å²) in [4.78, 5) is 17.5. The van der Waals surface area contributed by atoms with Crippen LogP contribution in [0.25, 0.3) is 21.9 Å². The number of pyridine rings is 1. The van der Waals surface area contributed by atoms with Crippen molar-refractivity contribution in [2.75, 3.05) is 71.0 Å². The van der Waals surface area contributed by atoms with Gasteiger partial charge in [-0.25, -0.2) is 9.97 Å². The van der Waals surface area contributed by atoms with Crippen molar-refractivity contribution in [3.8, 4) is 0 Å². The van der Waals surface area contributed by atoms with Crippen LogP contribution in [0.5, 0.6) is 0 Å². The minimum atomic E-state index is 0.836. The second-order valence-electron chi connectivity index (χ2n) is 8.66. The Hall–Kier alpha value is -2.22. The lowest BCUT2D eigenvalue weighted by atomic mass is 10.1. The Kier molecular flexibility index (Phi) is 5.35. The number of piperazine rings is 1. The molecule has 30 heavy (non-hydrogen) atoms. The molecule has 2 aliphatic heterocycles. The van der Waals surface area contributed by atoms with E-state index in [9.17, 15) is 0 Å². The van der Waals surface area contributed by atoms with E-state index in [2.05, 4.69) is 58.4 Å². The lowest BCUT2D eigenvalue weighted by molar-refractivity contribution is 0.0364. The summed E-state index contributed by atoms with van der Waals surface area (Å²) in [5.41, 5.74) is 4.64. The average Bonchev–Trinajstić information content (AvgIpc) is 3.09. The minimum Gasteiger partial charge on any atom is -0.379 e. The molecule has 5 rings (SSSR count). The fourth-order valence-electron chi connectivity index (χ4n) is 4.77. The molecule has 0 N–H and O–H groups in total. The second-order valence-corrected chi connectivity index (χ2v) is 8.66. The number of rotatable bonds is 4. The van der Waals surface area contributed by atoms with Crippen molar-refractivity contribution in [1.29, 1.82) is 0 Å². The maximum Gasteiger partial charge on any atom is 0.157 e. The van der Waals surface area contributed by atoms with Crippen LogP contribution in [0.15, 0.2) is 18.2 Å². The highest BCUT2D eigenvalue weighted by atomic mass is 16.5. The molecule has 2 saturated heterocycles. The highest BCUT2D eigenvalue weighted by molar-refractivity contribution is 6.08. The third kappa shape index (κ3) is 3.55. The fraction of sp³-hybridized carbons (Fsp3) is 0.565. The number of hydrogen-bond donors (Lipinski definition) is 0. The number of morpholine rings is 1. The number of nitrogens with zero attached hydrogens (tertiary/aromatic N) is 6. The number of aryl methyl sites for hydroxylation is 2. The molecule has 2 fully saturated rings. The van der Waals surface area contributed by atoms with Gasteiger partial charge in [-0.3, -0.25) is 4.90 Å². The van der Waals surface area contributed by atoms with Gasteiger partial charge in [-0.1, -0.05) is 12.1 Å².